The predicted octanol–water partition coefficient (Wildman–Crippen LogP) is 4.21. The normalized spacial score (nSPS) is 16.4. The first kappa shape index (κ1) is 22.5. The van der Waals surface area contributed by atoms with Gasteiger partial charge in [-0.25, -0.2) is 4.79 Å². The first-order chi connectivity index (χ1) is 15.9. The highest BCUT2D eigenvalue weighted by Gasteiger charge is 2.27. The lowest BCUT2D eigenvalue weighted by Crippen LogP contribution is -2.53. The van der Waals surface area contributed by atoms with Gasteiger partial charge < -0.3 is 14.9 Å². The van der Waals surface area contributed by atoms with Crippen molar-refractivity contribution in [1.29, 1.82) is 0 Å². The molecule has 170 valence electrons. The fraction of sp³-hybridized carbons (Fsp3) is 0.269. The van der Waals surface area contributed by atoms with Gasteiger partial charge in [-0.15, -0.1) is 0 Å². The van der Waals surface area contributed by atoms with Crippen LogP contribution in [-0.2, 0) is 6.54 Å². The number of pyridine rings is 1. The number of rotatable bonds is 5. The van der Waals surface area contributed by atoms with Crippen molar-refractivity contribution >= 4 is 17.7 Å². The highest BCUT2D eigenvalue weighted by molar-refractivity contribution is 6.05. The number of carbonyl (C=O) groups is 2. The van der Waals surface area contributed by atoms with Gasteiger partial charge in [-0.2, -0.15) is 0 Å². The van der Waals surface area contributed by atoms with Crippen LogP contribution >= 0.6 is 0 Å². The number of aromatic nitrogens is 1. The van der Waals surface area contributed by atoms with Crippen molar-refractivity contribution in [1.82, 2.24) is 14.8 Å². The van der Waals surface area contributed by atoms with E-state index in [2.05, 4.69) is 9.88 Å². The van der Waals surface area contributed by atoms with Gasteiger partial charge in [0.25, 0.3) is 5.91 Å². The van der Waals surface area contributed by atoms with E-state index < -0.39 is 6.09 Å². The molecule has 0 aliphatic carbocycles. The van der Waals surface area contributed by atoms with Crippen molar-refractivity contribution in [2.75, 3.05) is 31.6 Å². The molecule has 0 spiro atoms. The highest BCUT2D eigenvalue weighted by atomic mass is 16.4. The summed E-state index contributed by atoms with van der Waals surface area (Å²) in [6, 6.07) is 21.2. The van der Waals surface area contributed by atoms with Gasteiger partial charge in [0.1, 0.15) is 0 Å². The highest BCUT2D eigenvalue weighted by Crippen LogP contribution is 2.21. The Bertz CT molecular complexity index is 1100. The largest absolute Gasteiger partial charge is 0.465 e. The quantitative estimate of drug-likeness (QED) is 0.638. The van der Waals surface area contributed by atoms with Gasteiger partial charge in [0.05, 0.1) is 5.69 Å². The van der Waals surface area contributed by atoms with Crippen LogP contribution in [0.5, 0.6) is 0 Å². The summed E-state index contributed by atoms with van der Waals surface area (Å²) in [6.45, 7) is 4.63. The van der Waals surface area contributed by atoms with E-state index in [9.17, 15) is 14.7 Å². The molecule has 0 unspecified atom stereocenters. The van der Waals surface area contributed by atoms with Crippen molar-refractivity contribution < 1.29 is 14.7 Å². The Balaban J connectivity index is 1.37. The van der Waals surface area contributed by atoms with Crippen molar-refractivity contribution in [3.63, 3.8) is 0 Å². The van der Waals surface area contributed by atoms with Crippen LogP contribution in [0.15, 0.2) is 72.9 Å². The Morgan fingerprint density at radius 2 is 1.76 bits per heavy atom. The summed E-state index contributed by atoms with van der Waals surface area (Å²) >= 11 is 0. The summed E-state index contributed by atoms with van der Waals surface area (Å²) in [5, 5.41) is 9.23. The fourth-order valence-electron chi connectivity index (χ4n) is 4.17. The average molecular weight is 445 g/mol. The lowest BCUT2D eigenvalue weighted by molar-refractivity contribution is 0.0711. The molecule has 1 aliphatic rings. The maximum atomic E-state index is 13.0. The van der Waals surface area contributed by atoms with Crippen molar-refractivity contribution in [2.24, 2.45) is 0 Å². The lowest BCUT2D eigenvalue weighted by Gasteiger charge is -2.38. The number of carboxylic acid groups (broad SMARTS) is 1. The first-order valence-corrected chi connectivity index (χ1v) is 11.0. The Kier molecular flexibility index (Phi) is 6.70. The number of carbonyl (C=O) groups excluding carboxylic acids is 1. The Hall–Kier alpha value is -3.71. The molecule has 0 bridgehead atoms. The minimum atomic E-state index is -0.856. The average Bonchev–Trinajstić information content (AvgIpc) is 2.84. The van der Waals surface area contributed by atoms with Crippen LogP contribution in [0.25, 0.3) is 11.3 Å². The molecule has 2 amide bonds. The van der Waals surface area contributed by atoms with E-state index in [1.165, 1.54) is 4.90 Å². The standard InChI is InChI=1S/C26H28N4O3/c1-19-17-29(15-16-30(19)26(32)33)18-20-6-12-23(13-7-20)28(2)25(31)22-10-8-21(9-11-22)24-5-3-4-14-27-24/h3-14,19H,15-18H2,1-2H3,(H,32,33)/t19-/m0/s1. The molecule has 7 nitrogen and oxygen atoms in total. The van der Waals surface area contributed by atoms with E-state index in [1.807, 2.05) is 73.7 Å². The molecule has 7 heteroatoms. The Labute approximate surface area is 193 Å². The monoisotopic (exact) mass is 444 g/mol. The van der Waals surface area contributed by atoms with Gasteiger partial charge in [-0.1, -0.05) is 30.3 Å². The third kappa shape index (κ3) is 5.21. The third-order valence-electron chi connectivity index (χ3n) is 6.08. The van der Waals surface area contributed by atoms with Crippen molar-refractivity contribution in [3.05, 3.63) is 84.1 Å². The van der Waals surface area contributed by atoms with E-state index >= 15 is 0 Å². The molecule has 1 aromatic heterocycles. The van der Waals surface area contributed by atoms with Gasteiger partial charge in [-0.05, 0) is 48.9 Å². The zero-order chi connectivity index (χ0) is 23.4. The summed E-state index contributed by atoms with van der Waals surface area (Å²) in [4.78, 5) is 33.9. The van der Waals surface area contributed by atoms with Crippen LogP contribution in [0.2, 0.25) is 0 Å². The summed E-state index contributed by atoms with van der Waals surface area (Å²) < 4.78 is 0. The molecule has 1 saturated heterocycles. The van der Waals surface area contributed by atoms with E-state index in [0.29, 0.717) is 25.2 Å². The lowest BCUT2D eigenvalue weighted by atomic mass is 10.1. The van der Waals surface area contributed by atoms with Gasteiger partial charge in [0.15, 0.2) is 0 Å². The molecule has 3 aromatic rings. The number of anilines is 1. The van der Waals surface area contributed by atoms with Crippen LogP contribution in [-0.4, -0.2) is 64.6 Å². The molecule has 0 radical (unpaired) electrons. The number of piperazine rings is 1. The third-order valence-corrected chi connectivity index (χ3v) is 6.08. The number of amides is 2. The van der Waals surface area contributed by atoms with Gasteiger partial charge in [-0.3, -0.25) is 14.7 Å². The first-order valence-electron chi connectivity index (χ1n) is 11.0. The number of hydrogen-bond acceptors (Lipinski definition) is 4. The Morgan fingerprint density at radius 1 is 1.03 bits per heavy atom. The van der Waals surface area contributed by atoms with E-state index in [0.717, 1.165) is 29.1 Å². The van der Waals surface area contributed by atoms with Crippen molar-refractivity contribution in [3.8, 4) is 11.3 Å². The maximum Gasteiger partial charge on any atom is 0.407 e. The zero-order valence-electron chi connectivity index (χ0n) is 18.9. The van der Waals surface area contributed by atoms with E-state index in [4.69, 9.17) is 0 Å². The molecular formula is C26H28N4O3. The minimum Gasteiger partial charge on any atom is -0.465 e. The number of hydrogen-bond donors (Lipinski definition) is 1. The van der Waals surface area contributed by atoms with Crippen LogP contribution in [0.1, 0.15) is 22.8 Å². The fourth-order valence-corrected chi connectivity index (χ4v) is 4.17. The van der Waals surface area contributed by atoms with E-state index in [-0.39, 0.29) is 11.9 Å². The second-order valence-corrected chi connectivity index (χ2v) is 8.38. The molecule has 4 rings (SSSR count). The summed E-state index contributed by atoms with van der Waals surface area (Å²) in [5.41, 5.74) is 4.42. The molecule has 1 N–H and O–H groups in total. The molecule has 1 fully saturated rings. The zero-order valence-corrected chi connectivity index (χ0v) is 18.9. The molecule has 1 aliphatic heterocycles. The summed E-state index contributed by atoms with van der Waals surface area (Å²) in [5.74, 6) is -0.0751. The van der Waals surface area contributed by atoms with Crippen LogP contribution < -0.4 is 4.90 Å². The minimum absolute atomic E-state index is 0.0247. The molecular weight excluding hydrogens is 416 g/mol. The topological polar surface area (TPSA) is 77.0 Å². The van der Waals surface area contributed by atoms with E-state index in [1.54, 1.807) is 18.1 Å². The summed E-state index contributed by atoms with van der Waals surface area (Å²) in [6.07, 6.45) is 0.896. The molecule has 33 heavy (non-hydrogen) atoms. The molecule has 2 heterocycles. The van der Waals surface area contributed by atoms with Gasteiger partial charge >= 0.3 is 6.09 Å². The maximum absolute atomic E-state index is 13.0. The predicted molar refractivity (Wildman–Crippen MR) is 128 cm³/mol. The van der Waals surface area contributed by atoms with Crippen LogP contribution in [0.4, 0.5) is 10.5 Å². The molecule has 1 atom stereocenters. The van der Waals surface area contributed by atoms with Crippen LogP contribution in [0.3, 0.4) is 0 Å². The number of nitrogens with zero attached hydrogens (tertiary/aromatic N) is 4. The smallest absolute Gasteiger partial charge is 0.407 e. The SMILES string of the molecule is C[C@H]1CN(Cc2ccc(N(C)C(=O)c3ccc(-c4ccccn4)cc3)cc2)CCN1C(=O)O. The van der Waals surface area contributed by atoms with Crippen molar-refractivity contribution in [2.45, 2.75) is 19.5 Å². The van der Waals surface area contributed by atoms with Gasteiger partial charge in [0.2, 0.25) is 0 Å². The number of benzene rings is 2. The molecule has 0 saturated carbocycles. The second-order valence-electron chi connectivity index (χ2n) is 8.38. The summed E-state index contributed by atoms with van der Waals surface area (Å²) in [7, 11) is 1.77. The Morgan fingerprint density at radius 3 is 2.36 bits per heavy atom. The second kappa shape index (κ2) is 9.83. The van der Waals surface area contributed by atoms with Gasteiger partial charge in [0, 0.05) is 62.3 Å². The van der Waals surface area contributed by atoms with Crippen LogP contribution in [0, 0.1) is 0 Å². The molecule has 2 aromatic carbocycles.